The Morgan fingerprint density at radius 3 is 2.89 bits per heavy atom. The van der Waals surface area contributed by atoms with Crippen molar-refractivity contribution in [3.63, 3.8) is 0 Å². The van der Waals surface area contributed by atoms with Crippen LogP contribution in [0.3, 0.4) is 0 Å². The molecule has 1 fully saturated rings. The maximum Gasteiger partial charge on any atom is 0.161 e. The maximum atomic E-state index is 5.60. The summed E-state index contributed by atoms with van der Waals surface area (Å²) < 4.78 is 11.1. The number of fused-ring (bicyclic) bond motifs is 1. The van der Waals surface area contributed by atoms with Crippen LogP contribution < -0.4 is 14.8 Å². The molecule has 0 saturated carbocycles. The molecular formula is C16H21NO2. The minimum atomic E-state index is 0.510. The Labute approximate surface area is 114 Å². The average Bonchev–Trinajstić information content (AvgIpc) is 2.73. The SMILES string of the molecule is C(=C\C1CCCCCN1)/c1ccc2c(c1)OCCO2. The predicted molar refractivity (Wildman–Crippen MR) is 76.7 cm³/mol. The Kier molecular flexibility index (Phi) is 4.04. The second-order valence-corrected chi connectivity index (χ2v) is 5.17. The summed E-state index contributed by atoms with van der Waals surface area (Å²) in [5.41, 5.74) is 1.18. The van der Waals surface area contributed by atoms with Gasteiger partial charge in [0, 0.05) is 6.04 Å². The Bertz CT molecular complexity index is 448. The molecule has 0 amide bonds. The second kappa shape index (κ2) is 6.11. The molecule has 2 heterocycles. The normalized spacial score (nSPS) is 23.3. The zero-order chi connectivity index (χ0) is 12.9. The van der Waals surface area contributed by atoms with Crippen molar-refractivity contribution in [2.75, 3.05) is 19.8 Å². The molecule has 0 aliphatic carbocycles. The number of rotatable bonds is 2. The highest BCUT2D eigenvalue weighted by Crippen LogP contribution is 2.31. The Morgan fingerprint density at radius 2 is 1.95 bits per heavy atom. The highest BCUT2D eigenvalue weighted by atomic mass is 16.6. The smallest absolute Gasteiger partial charge is 0.161 e. The highest BCUT2D eigenvalue weighted by Gasteiger charge is 2.11. The molecule has 3 nitrogen and oxygen atoms in total. The second-order valence-electron chi connectivity index (χ2n) is 5.17. The monoisotopic (exact) mass is 259 g/mol. The first-order valence-corrected chi connectivity index (χ1v) is 7.23. The topological polar surface area (TPSA) is 30.5 Å². The standard InChI is InChI=1S/C16H21NO2/c1-2-4-14(17-9-3-1)7-5-13-6-8-15-16(12-13)19-11-10-18-15/h5-8,12,14,17H,1-4,9-11H2/b7-5+. The molecule has 0 radical (unpaired) electrons. The van der Waals surface area contributed by atoms with Crippen molar-refractivity contribution >= 4 is 6.08 Å². The molecule has 2 aliphatic heterocycles. The third-order valence-electron chi connectivity index (χ3n) is 3.69. The van der Waals surface area contributed by atoms with Crippen molar-refractivity contribution in [3.05, 3.63) is 29.8 Å². The molecule has 0 bridgehead atoms. The fraction of sp³-hybridized carbons (Fsp3) is 0.500. The first kappa shape index (κ1) is 12.5. The van der Waals surface area contributed by atoms with Gasteiger partial charge in [-0.2, -0.15) is 0 Å². The van der Waals surface area contributed by atoms with E-state index in [4.69, 9.17) is 9.47 Å². The number of ether oxygens (including phenoxy) is 2. The zero-order valence-corrected chi connectivity index (χ0v) is 11.2. The number of nitrogens with one attached hydrogen (secondary N) is 1. The molecule has 3 heteroatoms. The Hall–Kier alpha value is -1.48. The molecule has 1 unspecified atom stereocenters. The van der Waals surface area contributed by atoms with Crippen LogP contribution in [0.15, 0.2) is 24.3 Å². The molecule has 0 aromatic heterocycles. The van der Waals surface area contributed by atoms with E-state index < -0.39 is 0 Å². The molecular weight excluding hydrogens is 238 g/mol. The van der Waals surface area contributed by atoms with Crippen molar-refractivity contribution in [1.82, 2.24) is 5.32 Å². The van der Waals surface area contributed by atoms with Crippen LogP contribution in [0.5, 0.6) is 11.5 Å². The van der Waals surface area contributed by atoms with Crippen LogP contribution >= 0.6 is 0 Å². The van der Waals surface area contributed by atoms with Gasteiger partial charge in [-0.3, -0.25) is 0 Å². The van der Waals surface area contributed by atoms with Gasteiger partial charge < -0.3 is 14.8 Å². The van der Waals surface area contributed by atoms with E-state index in [1.807, 2.05) is 6.07 Å². The fourth-order valence-corrected chi connectivity index (χ4v) is 2.61. The lowest BCUT2D eigenvalue weighted by atomic mass is 10.1. The van der Waals surface area contributed by atoms with Gasteiger partial charge in [0.1, 0.15) is 13.2 Å². The third-order valence-corrected chi connectivity index (χ3v) is 3.69. The first-order valence-electron chi connectivity index (χ1n) is 7.23. The van der Waals surface area contributed by atoms with Crippen molar-refractivity contribution in [3.8, 4) is 11.5 Å². The third kappa shape index (κ3) is 3.29. The molecule has 102 valence electrons. The lowest BCUT2D eigenvalue weighted by molar-refractivity contribution is 0.171. The summed E-state index contributed by atoms with van der Waals surface area (Å²) in [4.78, 5) is 0. The van der Waals surface area contributed by atoms with E-state index in [-0.39, 0.29) is 0 Å². The van der Waals surface area contributed by atoms with Gasteiger partial charge in [-0.05, 0) is 37.1 Å². The van der Waals surface area contributed by atoms with Crippen LogP contribution in [-0.4, -0.2) is 25.8 Å². The minimum Gasteiger partial charge on any atom is -0.486 e. The lowest BCUT2D eigenvalue weighted by Gasteiger charge is -2.18. The summed E-state index contributed by atoms with van der Waals surface area (Å²) >= 11 is 0. The number of hydrogen-bond donors (Lipinski definition) is 1. The van der Waals surface area contributed by atoms with Gasteiger partial charge >= 0.3 is 0 Å². The van der Waals surface area contributed by atoms with Gasteiger partial charge in [-0.1, -0.05) is 31.1 Å². The summed E-state index contributed by atoms with van der Waals surface area (Å²) in [6.07, 6.45) is 9.66. The van der Waals surface area contributed by atoms with E-state index in [1.54, 1.807) is 0 Å². The molecule has 1 atom stereocenters. The van der Waals surface area contributed by atoms with E-state index in [0.29, 0.717) is 19.3 Å². The van der Waals surface area contributed by atoms with E-state index >= 15 is 0 Å². The van der Waals surface area contributed by atoms with Crippen LogP contribution in [0.4, 0.5) is 0 Å². The predicted octanol–water partition coefficient (Wildman–Crippen LogP) is 3.00. The van der Waals surface area contributed by atoms with Gasteiger partial charge in [0.05, 0.1) is 0 Å². The van der Waals surface area contributed by atoms with Crippen LogP contribution in [-0.2, 0) is 0 Å². The van der Waals surface area contributed by atoms with Gasteiger partial charge in [0.15, 0.2) is 11.5 Å². The number of benzene rings is 1. The lowest BCUT2D eigenvalue weighted by Crippen LogP contribution is -2.25. The van der Waals surface area contributed by atoms with E-state index in [9.17, 15) is 0 Å². The van der Waals surface area contributed by atoms with E-state index in [0.717, 1.165) is 18.0 Å². The Morgan fingerprint density at radius 1 is 1.05 bits per heavy atom. The summed E-state index contributed by atoms with van der Waals surface area (Å²) in [6.45, 7) is 2.43. The summed E-state index contributed by atoms with van der Waals surface area (Å²) in [7, 11) is 0. The largest absolute Gasteiger partial charge is 0.486 e. The zero-order valence-electron chi connectivity index (χ0n) is 11.2. The molecule has 1 N–H and O–H groups in total. The molecule has 2 aliphatic rings. The average molecular weight is 259 g/mol. The first-order chi connectivity index (χ1) is 9.42. The van der Waals surface area contributed by atoms with Crippen LogP contribution in [0, 0.1) is 0 Å². The van der Waals surface area contributed by atoms with Crippen LogP contribution in [0.25, 0.3) is 6.08 Å². The fourth-order valence-electron chi connectivity index (χ4n) is 2.61. The molecule has 19 heavy (non-hydrogen) atoms. The van der Waals surface area contributed by atoms with Crippen molar-refractivity contribution < 1.29 is 9.47 Å². The van der Waals surface area contributed by atoms with Gasteiger partial charge in [-0.25, -0.2) is 0 Å². The van der Waals surface area contributed by atoms with Crippen LogP contribution in [0.1, 0.15) is 31.2 Å². The molecule has 1 aromatic carbocycles. The minimum absolute atomic E-state index is 0.510. The van der Waals surface area contributed by atoms with Crippen molar-refractivity contribution in [2.45, 2.75) is 31.7 Å². The molecule has 0 spiro atoms. The number of hydrogen-bond acceptors (Lipinski definition) is 3. The summed E-state index contributed by atoms with van der Waals surface area (Å²) in [6, 6.07) is 6.65. The molecule has 1 saturated heterocycles. The van der Waals surface area contributed by atoms with Crippen molar-refractivity contribution in [1.29, 1.82) is 0 Å². The van der Waals surface area contributed by atoms with Gasteiger partial charge in [0.25, 0.3) is 0 Å². The van der Waals surface area contributed by atoms with Gasteiger partial charge in [0.2, 0.25) is 0 Å². The van der Waals surface area contributed by atoms with Crippen LogP contribution in [0.2, 0.25) is 0 Å². The maximum absolute atomic E-state index is 5.60. The molecule has 1 aromatic rings. The molecule has 3 rings (SSSR count). The van der Waals surface area contributed by atoms with Gasteiger partial charge in [-0.15, -0.1) is 0 Å². The summed E-state index contributed by atoms with van der Waals surface area (Å²) in [5.74, 6) is 1.72. The van der Waals surface area contributed by atoms with E-state index in [2.05, 4.69) is 29.6 Å². The Balaban J connectivity index is 1.68. The quantitative estimate of drug-likeness (QED) is 0.885. The van der Waals surface area contributed by atoms with E-state index in [1.165, 1.54) is 31.2 Å². The highest BCUT2D eigenvalue weighted by molar-refractivity contribution is 5.56. The van der Waals surface area contributed by atoms with Crippen molar-refractivity contribution in [2.24, 2.45) is 0 Å². The summed E-state index contributed by atoms with van der Waals surface area (Å²) in [5, 5.41) is 3.57.